The highest BCUT2D eigenvalue weighted by Gasteiger charge is 2.33. The van der Waals surface area contributed by atoms with Gasteiger partial charge >= 0.3 is 0 Å². The van der Waals surface area contributed by atoms with Gasteiger partial charge in [0.2, 0.25) is 10.0 Å². The Kier molecular flexibility index (Phi) is 3.85. The minimum atomic E-state index is -3.90. The van der Waals surface area contributed by atoms with Crippen LogP contribution in [-0.2, 0) is 10.0 Å². The normalized spacial score (nSPS) is 21.4. The lowest BCUT2D eigenvalue weighted by atomic mass is 10.3. The molecule has 1 N–H and O–H groups in total. The minimum absolute atomic E-state index is 0.0110. The monoisotopic (exact) mass is 313 g/mol. The minimum Gasteiger partial charge on any atom is -0.392 e. The molecule has 1 atom stereocenters. The summed E-state index contributed by atoms with van der Waals surface area (Å²) < 4.78 is 38.9. The number of rotatable bonds is 2. The Bertz CT molecular complexity index is 579. The summed E-state index contributed by atoms with van der Waals surface area (Å²) >= 11 is 11.2. The maximum atomic E-state index is 13.5. The van der Waals surface area contributed by atoms with Crippen molar-refractivity contribution in [3.05, 3.63) is 28.0 Å². The van der Waals surface area contributed by atoms with Gasteiger partial charge in [-0.2, -0.15) is 4.31 Å². The summed E-state index contributed by atoms with van der Waals surface area (Å²) in [7, 11) is -3.90. The second-order valence-corrected chi connectivity index (χ2v) is 6.67. The molecule has 0 aliphatic carbocycles. The van der Waals surface area contributed by atoms with Crippen LogP contribution in [-0.4, -0.2) is 37.0 Å². The van der Waals surface area contributed by atoms with Crippen LogP contribution in [0.25, 0.3) is 0 Å². The van der Waals surface area contributed by atoms with E-state index in [4.69, 9.17) is 23.2 Å². The van der Waals surface area contributed by atoms with Gasteiger partial charge in [-0.25, -0.2) is 12.8 Å². The molecular weight excluding hydrogens is 304 g/mol. The van der Waals surface area contributed by atoms with E-state index < -0.39 is 27.0 Å². The molecule has 1 aromatic carbocycles. The first-order valence-corrected chi connectivity index (χ1v) is 7.35. The standard InChI is InChI=1S/C10H10Cl2FNO3S/c11-7-1-2-8(9(12)10(7)13)18(16,17)14-4-3-6(15)5-14/h1-2,6,15H,3-5H2. The topological polar surface area (TPSA) is 57.6 Å². The summed E-state index contributed by atoms with van der Waals surface area (Å²) in [6.45, 7) is 0.174. The van der Waals surface area contributed by atoms with E-state index in [-0.39, 0.29) is 23.0 Å². The van der Waals surface area contributed by atoms with Gasteiger partial charge in [-0.3, -0.25) is 0 Å². The van der Waals surface area contributed by atoms with Crippen LogP contribution in [0.3, 0.4) is 0 Å². The Morgan fingerprint density at radius 2 is 2.06 bits per heavy atom. The largest absolute Gasteiger partial charge is 0.392 e. The fourth-order valence-electron chi connectivity index (χ4n) is 1.78. The lowest BCUT2D eigenvalue weighted by Gasteiger charge is -2.17. The second kappa shape index (κ2) is 4.94. The number of halogens is 3. The average molecular weight is 314 g/mol. The van der Waals surface area contributed by atoms with E-state index >= 15 is 0 Å². The number of aliphatic hydroxyl groups is 1. The predicted molar refractivity (Wildman–Crippen MR) is 65.8 cm³/mol. The van der Waals surface area contributed by atoms with Gasteiger partial charge in [-0.05, 0) is 18.6 Å². The van der Waals surface area contributed by atoms with Gasteiger partial charge in [0.1, 0.15) is 4.90 Å². The van der Waals surface area contributed by atoms with Crippen LogP contribution in [0, 0.1) is 5.82 Å². The molecule has 0 bridgehead atoms. The predicted octanol–water partition coefficient (Wildman–Crippen LogP) is 1.89. The van der Waals surface area contributed by atoms with Crippen LogP contribution in [0.15, 0.2) is 17.0 Å². The van der Waals surface area contributed by atoms with Crippen molar-refractivity contribution in [1.82, 2.24) is 4.31 Å². The smallest absolute Gasteiger partial charge is 0.244 e. The fraction of sp³-hybridized carbons (Fsp3) is 0.400. The van der Waals surface area contributed by atoms with Crippen molar-refractivity contribution in [2.45, 2.75) is 17.4 Å². The Morgan fingerprint density at radius 3 is 2.61 bits per heavy atom. The first-order chi connectivity index (χ1) is 8.34. The molecule has 100 valence electrons. The molecule has 1 fully saturated rings. The molecule has 8 heteroatoms. The van der Waals surface area contributed by atoms with Crippen molar-refractivity contribution in [1.29, 1.82) is 0 Å². The molecule has 2 rings (SSSR count). The Hall–Kier alpha value is -0.400. The lowest BCUT2D eigenvalue weighted by molar-refractivity contribution is 0.189. The van der Waals surface area contributed by atoms with Gasteiger partial charge in [-0.15, -0.1) is 0 Å². The summed E-state index contributed by atoms with van der Waals surface area (Å²) in [6.07, 6.45) is -0.344. The first-order valence-electron chi connectivity index (χ1n) is 5.15. The first kappa shape index (κ1) is 14.0. The van der Waals surface area contributed by atoms with Crippen molar-refractivity contribution in [2.24, 2.45) is 0 Å². The molecule has 0 saturated carbocycles. The molecule has 0 radical (unpaired) electrons. The van der Waals surface area contributed by atoms with Crippen LogP contribution in [0.4, 0.5) is 4.39 Å². The number of β-amino-alcohol motifs (C(OH)–C–C–N with tert-alkyl or cyclic N) is 1. The summed E-state index contributed by atoms with van der Waals surface area (Å²) in [6, 6.07) is 2.30. The SMILES string of the molecule is O=S(=O)(c1ccc(Cl)c(F)c1Cl)N1CCC(O)C1. The van der Waals surface area contributed by atoms with Gasteiger partial charge in [0.25, 0.3) is 0 Å². The van der Waals surface area contributed by atoms with Crippen LogP contribution >= 0.6 is 23.2 Å². The maximum absolute atomic E-state index is 13.5. The quantitative estimate of drug-likeness (QED) is 0.848. The van der Waals surface area contributed by atoms with E-state index in [1.54, 1.807) is 0 Å². The highest BCUT2D eigenvalue weighted by molar-refractivity contribution is 7.89. The Labute approximate surface area is 114 Å². The molecule has 1 saturated heterocycles. The third-order valence-electron chi connectivity index (χ3n) is 2.74. The molecule has 1 unspecified atom stereocenters. The van der Waals surface area contributed by atoms with Gasteiger partial charge in [0, 0.05) is 13.1 Å². The molecular formula is C10H10Cl2FNO3S. The summed E-state index contributed by atoms with van der Waals surface area (Å²) in [5, 5.41) is 8.58. The summed E-state index contributed by atoms with van der Waals surface area (Å²) in [5.41, 5.74) is 0. The van der Waals surface area contributed by atoms with E-state index in [0.29, 0.717) is 6.42 Å². The molecule has 1 aliphatic heterocycles. The number of hydrogen-bond donors (Lipinski definition) is 1. The number of benzene rings is 1. The highest BCUT2D eigenvalue weighted by atomic mass is 35.5. The van der Waals surface area contributed by atoms with Gasteiger partial charge < -0.3 is 5.11 Å². The molecule has 0 amide bonds. The molecule has 0 aromatic heterocycles. The zero-order chi connectivity index (χ0) is 13.5. The van der Waals surface area contributed by atoms with E-state index in [0.717, 1.165) is 16.4 Å². The van der Waals surface area contributed by atoms with Gasteiger partial charge in [-0.1, -0.05) is 23.2 Å². The Balaban J connectivity index is 2.45. The maximum Gasteiger partial charge on any atom is 0.244 e. The zero-order valence-electron chi connectivity index (χ0n) is 9.11. The summed E-state index contributed by atoms with van der Waals surface area (Å²) in [5.74, 6) is -0.959. The third kappa shape index (κ3) is 2.35. The van der Waals surface area contributed by atoms with E-state index in [9.17, 15) is 17.9 Å². The van der Waals surface area contributed by atoms with Gasteiger partial charge in [0.15, 0.2) is 5.82 Å². The lowest BCUT2D eigenvalue weighted by Crippen LogP contribution is -2.30. The highest BCUT2D eigenvalue weighted by Crippen LogP contribution is 2.32. The molecule has 18 heavy (non-hydrogen) atoms. The molecule has 1 heterocycles. The van der Waals surface area contributed by atoms with Crippen LogP contribution < -0.4 is 0 Å². The number of aliphatic hydroxyl groups excluding tert-OH is 1. The number of hydrogen-bond acceptors (Lipinski definition) is 3. The van der Waals surface area contributed by atoms with Gasteiger partial charge in [0.05, 0.1) is 16.1 Å². The molecule has 0 spiro atoms. The van der Waals surface area contributed by atoms with Crippen LogP contribution in [0.1, 0.15) is 6.42 Å². The van der Waals surface area contributed by atoms with Crippen LogP contribution in [0.5, 0.6) is 0 Å². The second-order valence-electron chi connectivity index (χ2n) is 3.98. The summed E-state index contributed by atoms with van der Waals surface area (Å²) in [4.78, 5) is -0.333. The fourth-order valence-corrected chi connectivity index (χ4v) is 3.99. The van der Waals surface area contributed by atoms with E-state index in [2.05, 4.69) is 0 Å². The van der Waals surface area contributed by atoms with Crippen molar-refractivity contribution in [3.8, 4) is 0 Å². The molecule has 4 nitrogen and oxygen atoms in total. The van der Waals surface area contributed by atoms with Crippen molar-refractivity contribution in [2.75, 3.05) is 13.1 Å². The number of nitrogens with zero attached hydrogens (tertiary/aromatic N) is 1. The van der Waals surface area contributed by atoms with Crippen molar-refractivity contribution >= 4 is 33.2 Å². The third-order valence-corrected chi connectivity index (χ3v) is 5.42. The zero-order valence-corrected chi connectivity index (χ0v) is 11.4. The number of sulfonamides is 1. The van der Waals surface area contributed by atoms with Crippen molar-refractivity contribution < 1.29 is 17.9 Å². The Morgan fingerprint density at radius 1 is 1.39 bits per heavy atom. The van der Waals surface area contributed by atoms with E-state index in [1.165, 1.54) is 0 Å². The van der Waals surface area contributed by atoms with Crippen LogP contribution in [0.2, 0.25) is 10.0 Å². The molecule has 1 aromatic rings. The van der Waals surface area contributed by atoms with Crippen molar-refractivity contribution in [3.63, 3.8) is 0 Å². The molecule has 1 aliphatic rings. The van der Waals surface area contributed by atoms with E-state index in [1.807, 2.05) is 0 Å². The average Bonchev–Trinajstić information content (AvgIpc) is 2.73.